The van der Waals surface area contributed by atoms with Crippen LogP contribution in [0.5, 0.6) is 5.75 Å². The second-order valence-corrected chi connectivity index (χ2v) is 4.33. The highest BCUT2D eigenvalue weighted by molar-refractivity contribution is 5.70. The molecule has 0 unspecified atom stereocenters. The van der Waals surface area contributed by atoms with Gasteiger partial charge in [-0.3, -0.25) is 0 Å². The van der Waals surface area contributed by atoms with E-state index in [9.17, 15) is 5.11 Å². The van der Waals surface area contributed by atoms with Gasteiger partial charge in [-0.2, -0.15) is 5.10 Å². The van der Waals surface area contributed by atoms with Gasteiger partial charge in [-0.05, 0) is 37.3 Å². The summed E-state index contributed by atoms with van der Waals surface area (Å²) < 4.78 is 7.10. The number of ether oxygens (including phenoxy) is 1. The summed E-state index contributed by atoms with van der Waals surface area (Å²) in [6.07, 6.45) is 3.51. The molecule has 102 valence electrons. The monoisotopic (exact) mass is 269 g/mol. The highest BCUT2D eigenvalue weighted by Gasteiger charge is 2.14. The van der Waals surface area contributed by atoms with Crippen LogP contribution in [0, 0.1) is 0 Å². The Morgan fingerprint density at radius 3 is 2.75 bits per heavy atom. The molecule has 0 amide bonds. The Morgan fingerprint density at radius 1 is 1.25 bits per heavy atom. The maximum atomic E-state index is 9.59. The Balaban J connectivity index is 2.09. The Kier molecular flexibility index (Phi) is 3.35. The average molecular weight is 269 g/mol. The molecule has 20 heavy (non-hydrogen) atoms. The molecule has 0 fully saturated rings. The predicted molar refractivity (Wildman–Crippen MR) is 75.5 cm³/mol. The zero-order chi connectivity index (χ0) is 13.9. The lowest BCUT2D eigenvalue weighted by Gasteiger charge is -2.04. The molecule has 0 saturated heterocycles. The van der Waals surface area contributed by atoms with E-state index < -0.39 is 0 Å². The molecule has 0 aliphatic carbocycles. The van der Waals surface area contributed by atoms with E-state index >= 15 is 0 Å². The number of rotatable bonds is 4. The summed E-state index contributed by atoms with van der Waals surface area (Å²) in [6, 6.07) is 9.48. The fourth-order valence-electron chi connectivity index (χ4n) is 2.19. The minimum absolute atomic E-state index is 0.0942. The van der Waals surface area contributed by atoms with Crippen molar-refractivity contribution in [2.75, 3.05) is 6.61 Å². The van der Waals surface area contributed by atoms with Gasteiger partial charge in [-0.15, -0.1) is 0 Å². The van der Waals surface area contributed by atoms with Crippen LogP contribution < -0.4 is 4.74 Å². The van der Waals surface area contributed by atoms with Crippen LogP contribution in [-0.2, 0) is 6.61 Å². The van der Waals surface area contributed by atoms with Crippen molar-refractivity contribution in [3.63, 3.8) is 0 Å². The van der Waals surface area contributed by atoms with Crippen molar-refractivity contribution in [2.45, 2.75) is 13.5 Å². The van der Waals surface area contributed by atoms with Crippen LogP contribution in [0.25, 0.3) is 16.9 Å². The van der Waals surface area contributed by atoms with E-state index in [0.717, 1.165) is 22.6 Å². The molecule has 5 heteroatoms. The molecule has 0 saturated carbocycles. The molecular formula is C15H15N3O2. The number of aliphatic hydroxyl groups excluding tert-OH is 1. The van der Waals surface area contributed by atoms with E-state index in [4.69, 9.17) is 4.74 Å². The fourth-order valence-corrected chi connectivity index (χ4v) is 2.19. The third-order valence-electron chi connectivity index (χ3n) is 3.09. The number of nitrogens with zero attached hydrogens (tertiary/aromatic N) is 3. The molecule has 0 aliphatic heterocycles. The third-order valence-corrected chi connectivity index (χ3v) is 3.09. The number of hydrogen-bond donors (Lipinski definition) is 1. The van der Waals surface area contributed by atoms with Crippen molar-refractivity contribution in [1.29, 1.82) is 0 Å². The molecule has 5 nitrogen and oxygen atoms in total. The smallest absolute Gasteiger partial charge is 0.161 e. The van der Waals surface area contributed by atoms with E-state index in [1.54, 1.807) is 10.7 Å². The topological polar surface area (TPSA) is 59.7 Å². The maximum Gasteiger partial charge on any atom is 0.161 e. The SMILES string of the molecule is CCOc1ccc(-c2nn3cccnc3c2CO)cc1. The van der Waals surface area contributed by atoms with Gasteiger partial charge in [0, 0.05) is 18.0 Å². The van der Waals surface area contributed by atoms with E-state index in [-0.39, 0.29) is 6.61 Å². The van der Waals surface area contributed by atoms with Crippen molar-refractivity contribution in [3.05, 3.63) is 48.3 Å². The van der Waals surface area contributed by atoms with E-state index in [1.807, 2.05) is 43.5 Å². The predicted octanol–water partition coefficient (Wildman–Crippen LogP) is 2.29. The molecule has 0 bridgehead atoms. The summed E-state index contributed by atoms with van der Waals surface area (Å²) in [5.74, 6) is 0.823. The second-order valence-electron chi connectivity index (χ2n) is 4.33. The summed E-state index contributed by atoms with van der Waals surface area (Å²) in [5.41, 5.74) is 3.09. The van der Waals surface area contributed by atoms with Crippen LogP contribution in [0.4, 0.5) is 0 Å². The summed E-state index contributed by atoms with van der Waals surface area (Å²) in [7, 11) is 0. The Hall–Kier alpha value is -2.40. The third kappa shape index (κ3) is 2.12. The molecule has 2 heterocycles. The minimum Gasteiger partial charge on any atom is -0.494 e. The first-order chi connectivity index (χ1) is 9.83. The lowest BCUT2D eigenvalue weighted by atomic mass is 10.1. The fraction of sp³-hybridized carbons (Fsp3) is 0.200. The molecule has 3 aromatic rings. The van der Waals surface area contributed by atoms with Crippen LogP contribution in [0.15, 0.2) is 42.7 Å². The van der Waals surface area contributed by atoms with Gasteiger partial charge in [0.15, 0.2) is 5.65 Å². The van der Waals surface area contributed by atoms with Crippen LogP contribution in [0.3, 0.4) is 0 Å². The van der Waals surface area contributed by atoms with Gasteiger partial charge >= 0.3 is 0 Å². The van der Waals surface area contributed by atoms with Crippen LogP contribution in [0.2, 0.25) is 0 Å². The lowest BCUT2D eigenvalue weighted by molar-refractivity contribution is 0.283. The van der Waals surface area contributed by atoms with Crippen LogP contribution >= 0.6 is 0 Å². The van der Waals surface area contributed by atoms with Crippen molar-refractivity contribution >= 4 is 5.65 Å². The number of aromatic nitrogens is 3. The van der Waals surface area contributed by atoms with E-state index in [1.165, 1.54) is 0 Å². The number of benzene rings is 1. The van der Waals surface area contributed by atoms with E-state index in [0.29, 0.717) is 12.3 Å². The van der Waals surface area contributed by atoms with Gasteiger partial charge in [-0.25, -0.2) is 9.50 Å². The van der Waals surface area contributed by atoms with E-state index in [2.05, 4.69) is 10.1 Å². The molecule has 0 spiro atoms. The number of hydrogen-bond acceptors (Lipinski definition) is 4. The van der Waals surface area contributed by atoms with Gasteiger partial charge in [0.25, 0.3) is 0 Å². The Morgan fingerprint density at radius 2 is 2.05 bits per heavy atom. The van der Waals surface area contributed by atoms with Gasteiger partial charge < -0.3 is 9.84 Å². The number of aliphatic hydroxyl groups is 1. The first-order valence-corrected chi connectivity index (χ1v) is 6.49. The van der Waals surface area contributed by atoms with Crippen LogP contribution in [0.1, 0.15) is 12.5 Å². The highest BCUT2D eigenvalue weighted by Crippen LogP contribution is 2.26. The maximum absolute atomic E-state index is 9.59. The van der Waals surface area contributed by atoms with Gasteiger partial charge in [0.1, 0.15) is 11.4 Å². The van der Waals surface area contributed by atoms with Gasteiger partial charge in [0.2, 0.25) is 0 Å². The van der Waals surface area contributed by atoms with Gasteiger partial charge in [0.05, 0.1) is 18.8 Å². The normalized spacial score (nSPS) is 10.9. The van der Waals surface area contributed by atoms with Crippen molar-refractivity contribution in [3.8, 4) is 17.0 Å². The van der Waals surface area contributed by atoms with Crippen molar-refractivity contribution in [2.24, 2.45) is 0 Å². The highest BCUT2D eigenvalue weighted by atomic mass is 16.5. The summed E-state index contributed by atoms with van der Waals surface area (Å²) in [6.45, 7) is 2.49. The van der Waals surface area contributed by atoms with Gasteiger partial charge in [-0.1, -0.05) is 0 Å². The standard InChI is InChI=1S/C15H15N3O2/c1-2-20-12-6-4-11(5-7-12)14-13(10-19)15-16-8-3-9-18(15)17-14/h3-9,19H,2,10H2,1H3. The lowest BCUT2D eigenvalue weighted by Crippen LogP contribution is -1.91. The summed E-state index contributed by atoms with van der Waals surface area (Å²) >= 11 is 0. The molecule has 0 atom stereocenters. The summed E-state index contributed by atoms with van der Waals surface area (Å²) in [5, 5.41) is 14.1. The largest absolute Gasteiger partial charge is 0.494 e. The molecule has 0 radical (unpaired) electrons. The van der Waals surface area contributed by atoms with Crippen molar-refractivity contribution < 1.29 is 9.84 Å². The molecule has 1 N–H and O–H groups in total. The van der Waals surface area contributed by atoms with Crippen molar-refractivity contribution in [1.82, 2.24) is 14.6 Å². The molecule has 3 rings (SSSR count). The minimum atomic E-state index is -0.0942. The molecule has 0 aliphatic rings. The zero-order valence-corrected chi connectivity index (χ0v) is 11.2. The zero-order valence-electron chi connectivity index (χ0n) is 11.2. The van der Waals surface area contributed by atoms with Crippen LogP contribution in [-0.4, -0.2) is 26.3 Å². The first-order valence-electron chi connectivity index (χ1n) is 6.49. The Bertz CT molecular complexity index is 720. The molecule has 2 aromatic heterocycles. The second kappa shape index (κ2) is 5.30. The molecule has 1 aromatic carbocycles. The Labute approximate surface area is 116 Å². The molecular weight excluding hydrogens is 254 g/mol. The average Bonchev–Trinajstić information content (AvgIpc) is 2.87. The number of fused-ring (bicyclic) bond motifs is 1. The first kappa shape index (κ1) is 12.6. The summed E-state index contributed by atoms with van der Waals surface area (Å²) in [4.78, 5) is 4.26. The quantitative estimate of drug-likeness (QED) is 0.789.